The van der Waals surface area contributed by atoms with Gasteiger partial charge in [0.2, 0.25) is 0 Å². The lowest BCUT2D eigenvalue weighted by Crippen LogP contribution is -2.30. The maximum atomic E-state index is 13.2. The summed E-state index contributed by atoms with van der Waals surface area (Å²) in [6, 6.07) is 28.0. The van der Waals surface area contributed by atoms with Crippen LogP contribution in [0.15, 0.2) is 96.7 Å². The molecule has 4 rings (SSSR count). The fraction of sp³-hybridized carbons (Fsp3) is 0.0714. The first-order valence-corrected chi connectivity index (χ1v) is 10.6. The van der Waals surface area contributed by atoms with Crippen molar-refractivity contribution in [2.75, 3.05) is 12.4 Å². The maximum Gasteiger partial charge on any atom is 0.272 e. The molecule has 0 radical (unpaired) electrons. The lowest BCUT2D eigenvalue weighted by atomic mass is 10.0. The monoisotopic (exact) mass is 436 g/mol. The highest BCUT2D eigenvalue weighted by molar-refractivity contribution is 6.11. The molecular weight excluding hydrogens is 412 g/mol. The van der Waals surface area contributed by atoms with Crippen LogP contribution in [0, 0.1) is 6.92 Å². The molecule has 4 aromatic rings. The molecule has 5 heteroatoms. The van der Waals surface area contributed by atoms with Gasteiger partial charge in [-0.3, -0.25) is 9.59 Å². The third-order valence-electron chi connectivity index (χ3n) is 5.26. The Bertz CT molecular complexity index is 1340. The van der Waals surface area contributed by atoms with Crippen molar-refractivity contribution < 1.29 is 14.3 Å². The number of anilines is 1. The van der Waals surface area contributed by atoms with Gasteiger partial charge in [0.1, 0.15) is 11.4 Å². The molecule has 0 saturated heterocycles. The third kappa shape index (κ3) is 5.28. The van der Waals surface area contributed by atoms with E-state index in [1.165, 1.54) is 0 Å². The highest BCUT2D eigenvalue weighted by atomic mass is 16.5. The van der Waals surface area contributed by atoms with Gasteiger partial charge in [0.25, 0.3) is 11.8 Å². The second-order valence-electron chi connectivity index (χ2n) is 7.63. The first kappa shape index (κ1) is 21.8. The molecule has 2 N–H and O–H groups in total. The third-order valence-corrected chi connectivity index (χ3v) is 5.26. The van der Waals surface area contributed by atoms with Gasteiger partial charge < -0.3 is 15.4 Å². The van der Waals surface area contributed by atoms with Crippen molar-refractivity contribution in [1.82, 2.24) is 5.32 Å². The standard InChI is InChI=1S/C28H24N2O3/c1-19-13-15-21(16-14-19)27(31)30-26(28(32)29-23-10-6-11-24(18-23)33-2)17-22-9-5-8-20-7-3-4-12-25(20)22/h3-18H,1-2H3,(H,29,32)(H,30,31)/b26-17+. The van der Waals surface area contributed by atoms with Crippen LogP contribution in [0.1, 0.15) is 21.5 Å². The largest absolute Gasteiger partial charge is 0.497 e. The molecule has 0 aliphatic carbocycles. The SMILES string of the molecule is COc1cccc(NC(=O)/C(=C\c2cccc3ccccc23)NC(=O)c2ccc(C)cc2)c1. The van der Waals surface area contributed by atoms with Crippen molar-refractivity contribution in [1.29, 1.82) is 0 Å². The molecule has 2 amide bonds. The van der Waals surface area contributed by atoms with Crippen LogP contribution in [0.3, 0.4) is 0 Å². The number of amides is 2. The zero-order valence-electron chi connectivity index (χ0n) is 18.5. The highest BCUT2D eigenvalue weighted by Gasteiger charge is 2.16. The molecule has 0 heterocycles. The predicted octanol–water partition coefficient (Wildman–Crippen LogP) is 5.57. The van der Waals surface area contributed by atoms with Crippen molar-refractivity contribution >= 4 is 34.4 Å². The van der Waals surface area contributed by atoms with Gasteiger partial charge in [0.15, 0.2) is 0 Å². The Kier molecular flexibility index (Phi) is 6.51. The topological polar surface area (TPSA) is 67.4 Å². The minimum atomic E-state index is -0.434. The number of aryl methyl sites for hydroxylation is 1. The van der Waals surface area contributed by atoms with Gasteiger partial charge >= 0.3 is 0 Å². The summed E-state index contributed by atoms with van der Waals surface area (Å²) in [6.45, 7) is 1.95. The van der Waals surface area contributed by atoms with E-state index in [0.717, 1.165) is 21.9 Å². The second-order valence-corrected chi connectivity index (χ2v) is 7.63. The number of fused-ring (bicyclic) bond motifs is 1. The highest BCUT2D eigenvalue weighted by Crippen LogP contribution is 2.22. The molecule has 0 atom stereocenters. The number of nitrogens with one attached hydrogen (secondary N) is 2. The fourth-order valence-electron chi connectivity index (χ4n) is 3.49. The minimum Gasteiger partial charge on any atom is -0.497 e. The van der Waals surface area contributed by atoms with E-state index < -0.39 is 5.91 Å². The number of benzene rings is 4. The van der Waals surface area contributed by atoms with Crippen LogP contribution in [0.25, 0.3) is 16.8 Å². The predicted molar refractivity (Wildman–Crippen MR) is 132 cm³/mol. The summed E-state index contributed by atoms with van der Waals surface area (Å²) in [5.41, 5.74) is 3.05. The molecule has 0 unspecified atom stereocenters. The van der Waals surface area contributed by atoms with E-state index >= 15 is 0 Å². The van der Waals surface area contributed by atoms with Crippen molar-refractivity contribution in [2.24, 2.45) is 0 Å². The second kappa shape index (κ2) is 9.83. The summed E-state index contributed by atoms with van der Waals surface area (Å²) < 4.78 is 5.24. The van der Waals surface area contributed by atoms with Crippen molar-refractivity contribution in [3.8, 4) is 5.75 Å². The molecule has 0 aliphatic heterocycles. The fourth-order valence-corrected chi connectivity index (χ4v) is 3.49. The summed E-state index contributed by atoms with van der Waals surface area (Å²) in [7, 11) is 1.56. The van der Waals surface area contributed by atoms with Gasteiger partial charge in [-0.25, -0.2) is 0 Å². The average molecular weight is 437 g/mol. The smallest absolute Gasteiger partial charge is 0.272 e. The molecule has 0 bridgehead atoms. The Balaban J connectivity index is 1.70. The number of ether oxygens (including phenoxy) is 1. The Morgan fingerprint density at radius 1 is 0.848 bits per heavy atom. The molecule has 5 nitrogen and oxygen atoms in total. The molecule has 0 fully saturated rings. The van der Waals surface area contributed by atoms with E-state index in [2.05, 4.69) is 10.6 Å². The number of methoxy groups -OCH3 is 1. The van der Waals surface area contributed by atoms with Crippen LogP contribution in [0.4, 0.5) is 5.69 Å². The molecule has 0 saturated carbocycles. The Labute approximate surface area is 192 Å². The van der Waals surface area contributed by atoms with E-state index in [0.29, 0.717) is 17.0 Å². The maximum absolute atomic E-state index is 13.2. The van der Waals surface area contributed by atoms with E-state index in [4.69, 9.17) is 4.74 Å². The number of rotatable bonds is 6. The molecule has 33 heavy (non-hydrogen) atoms. The number of carbonyl (C=O) groups excluding carboxylic acids is 2. The number of hydrogen-bond donors (Lipinski definition) is 2. The molecule has 0 aromatic heterocycles. The molecule has 164 valence electrons. The first-order valence-electron chi connectivity index (χ1n) is 10.6. The zero-order valence-corrected chi connectivity index (χ0v) is 18.5. The van der Waals surface area contributed by atoms with Gasteiger partial charge in [0, 0.05) is 17.3 Å². The van der Waals surface area contributed by atoms with Crippen molar-refractivity contribution in [3.05, 3.63) is 113 Å². The van der Waals surface area contributed by atoms with Gasteiger partial charge in [-0.2, -0.15) is 0 Å². The van der Waals surface area contributed by atoms with Crippen LogP contribution >= 0.6 is 0 Å². The van der Waals surface area contributed by atoms with Gasteiger partial charge in [-0.15, -0.1) is 0 Å². The summed E-state index contributed by atoms with van der Waals surface area (Å²) in [6.07, 6.45) is 1.70. The first-order chi connectivity index (χ1) is 16.0. The molecule has 0 aliphatic rings. The molecule has 0 spiro atoms. The van der Waals surface area contributed by atoms with Crippen LogP contribution < -0.4 is 15.4 Å². The lowest BCUT2D eigenvalue weighted by Gasteiger charge is -2.13. The van der Waals surface area contributed by atoms with E-state index in [1.54, 1.807) is 49.6 Å². The molecule has 4 aromatic carbocycles. The summed E-state index contributed by atoms with van der Waals surface area (Å²) >= 11 is 0. The Morgan fingerprint density at radius 3 is 2.36 bits per heavy atom. The van der Waals surface area contributed by atoms with Crippen molar-refractivity contribution in [3.63, 3.8) is 0 Å². The van der Waals surface area contributed by atoms with Gasteiger partial charge in [-0.05, 0) is 53.6 Å². The average Bonchev–Trinajstić information content (AvgIpc) is 2.84. The quantitative estimate of drug-likeness (QED) is 0.389. The number of hydrogen-bond acceptors (Lipinski definition) is 3. The Hall–Kier alpha value is -4.38. The van der Waals surface area contributed by atoms with Gasteiger partial charge in [-0.1, -0.05) is 66.2 Å². The summed E-state index contributed by atoms with van der Waals surface area (Å²) in [5, 5.41) is 7.67. The number of carbonyl (C=O) groups is 2. The van der Waals surface area contributed by atoms with Crippen molar-refractivity contribution in [2.45, 2.75) is 6.92 Å². The van der Waals surface area contributed by atoms with E-state index in [9.17, 15) is 9.59 Å². The van der Waals surface area contributed by atoms with Crippen LogP contribution in [-0.2, 0) is 4.79 Å². The van der Waals surface area contributed by atoms with Crippen LogP contribution in [0.5, 0.6) is 5.75 Å². The van der Waals surface area contributed by atoms with Crippen LogP contribution in [-0.4, -0.2) is 18.9 Å². The zero-order chi connectivity index (χ0) is 23.2. The Morgan fingerprint density at radius 2 is 1.58 bits per heavy atom. The summed E-state index contributed by atoms with van der Waals surface area (Å²) in [4.78, 5) is 26.2. The van der Waals surface area contributed by atoms with E-state index in [-0.39, 0.29) is 11.6 Å². The normalized spacial score (nSPS) is 11.2. The van der Waals surface area contributed by atoms with Crippen LogP contribution in [0.2, 0.25) is 0 Å². The minimum absolute atomic E-state index is 0.139. The summed E-state index contributed by atoms with van der Waals surface area (Å²) in [5.74, 6) is -0.171. The lowest BCUT2D eigenvalue weighted by molar-refractivity contribution is -0.113. The van der Waals surface area contributed by atoms with E-state index in [1.807, 2.05) is 61.5 Å². The van der Waals surface area contributed by atoms with Gasteiger partial charge in [0.05, 0.1) is 7.11 Å². The molecular formula is C28H24N2O3.